The highest BCUT2D eigenvalue weighted by molar-refractivity contribution is 14.1. The van der Waals surface area contributed by atoms with Crippen molar-refractivity contribution in [1.29, 1.82) is 0 Å². The van der Waals surface area contributed by atoms with Crippen LogP contribution in [-0.2, 0) is 0 Å². The Balaban J connectivity index is 1.72. The van der Waals surface area contributed by atoms with Crippen LogP contribution >= 0.6 is 33.9 Å². The summed E-state index contributed by atoms with van der Waals surface area (Å²) in [4.78, 5) is 29.1. The van der Waals surface area contributed by atoms with Crippen molar-refractivity contribution in [2.45, 2.75) is 20.3 Å². The number of aromatic nitrogens is 3. The molecule has 3 aromatic heterocycles. The number of rotatable bonds is 6. The zero-order chi connectivity index (χ0) is 24.0. The zero-order valence-corrected chi connectivity index (χ0v) is 21.6. The number of amides is 1. The average Bonchev–Trinajstić information content (AvgIpc) is 3.54. The summed E-state index contributed by atoms with van der Waals surface area (Å²) in [5.74, 6) is -0.319. The Morgan fingerprint density at radius 2 is 1.88 bits per heavy atom. The smallest absolute Gasteiger partial charge is 0.249 e. The van der Waals surface area contributed by atoms with Crippen LogP contribution < -0.4 is 5.73 Å². The zero-order valence-electron chi connectivity index (χ0n) is 18.6. The van der Waals surface area contributed by atoms with Crippen LogP contribution in [0.25, 0.3) is 32.8 Å². The lowest BCUT2D eigenvalue weighted by molar-refractivity contribution is 0.0986. The van der Waals surface area contributed by atoms with Gasteiger partial charge in [0.2, 0.25) is 5.91 Å². The van der Waals surface area contributed by atoms with Crippen LogP contribution in [0.15, 0.2) is 67.3 Å². The van der Waals surface area contributed by atoms with Gasteiger partial charge in [-0.2, -0.15) is 0 Å². The van der Waals surface area contributed by atoms with Crippen molar-refractivity contribution in [2.75, 3.05) is 0 Å². The van der Waals surface area contributed by atoms with Crippen molar-refractivity contribution in [3.05, 3.63) is 86.8 Å². The maximum Gasteiger partial charge on any atom is 0.249 e. The quantitative estimate of drug-likeness (QED) is 0.193. The second-order valence-corrected chi connectivity index (χ2v) is 10.2. The van der Waals surface area contributed by atoms with E-state index in [-0.39, 0.29) is 5.78 Å². The van der Waals surface area contributed by atoms with Gasteiger partial charge >= 0.3 is 0 Å². The molecule has 2 aromatic carbocycles. The van der Waals surface area contributed by atoms with Crippen LogP contribution in [0.1, 0.15) is 38.9 Å². The monoisotopic (exact) mass is 580 g/mol. The number of Topliss-reactive ketones (excluding diaryl/α,β-unsaturated/α-hetero) is 1. The summed E-state index contributed by atoms with van der Waals surface area (Å²) >= 11 is 3.66. The molecule has 5 rings (SSSR count). The fourth-order valence-electron chi connectivity index (χ4n) is 4.13. The van der Waals surface area contributed by atoms with Gasteiger partial charge in [0.05, 0.1) is 32.7 Å². The largest absolute Gasteiger partial charge is 0.366 e. The van der Waals surface area contributed by atoms with E-state index in [1.165, 1.54) is 11.3 Å². The molecule has 8 heteroatoms. The number of aryl methyl sites for hydroxylation is 1. The van der Waals surface area contributed by atoms with Gasteiger partial charge in [0, 0.05) is 39.3 Å². The number of halogens is 1. The number of thiophene rings is 1. The predicted molar refractivity (Wildman–Crippen MR) is 144 cm³/mol. The Morgan fingerprint density at radius 1 is 1.09 bits per heavy atom. The maximum absolute atomic E-state index is 12.4. The predicted octanol–water partition coefficient (Wildman–Crippen LogP) is 6.15. The first-order valence-electron chi connectivity index (χ1n) is 10.7. The van der Waals surface area contributed by atoms with Crippen molar-refractivity contribution < 1.29 is 9.59 Å². The summed E-state index contributed by atoms with van der Waals surface area (Å²) in [7, 11) is 0. The third-order valence-corrected chi connectivity index (χ3v) is 7.86. The summed E-state index contributed by atoms with van der Waals surface area (Å²) < 4.78 is 5.95. The number of nitrogens with zero attached hydrogens (tertiary/aromatic N) is 3. The van der Waals surface area contributed by atoms with Crippen LogP contribution in [0.5, 0.6) is 0 Å². The molecule has 0 atom stereocenters. The number of ketones is 1. The fraction of sp³-hybridized carbons (Fsp3) is 0.115. The van der Waals surface area contributed by atoms with Crippen LogP contribution in [-0.4, -0.2) is 25.8 Å². The van der Waals surface area contributed by atoms with Gasteiger partial charge in [-0.05, 0) is 77.5 Å². The van der Waals surface area contributed by atoms with Crippen molar-refractivity contribution in [3.8, 4) is 22.6 Å². The Labute approximate surface area is 214 Å². The van der Waals surface area contributed by atoms with Crippen LogP contribution in [0.2, 0.25) is 0 Å². The Kier molecular flexibility index (Phi) is 5.86. The second-order valence-electron chi connectivity index (χ2n) is 8.00. The standard InChI is InChI=1S/C26H21IN4O2S/c1-3-23(32)25-13-22-24(34-25)12-21(31(22)17-5-7-19(26(28)33)20(27)11-17)18-6-4-16(10-15(18)2)30-9-8-29-14-30/h4-14H,3H2,1-2H3,(H2,28,33). The average molecular weight is 580 g/mol. The SMILES string of the molecule is CCC(=O)c1cc2c(cc(-c3ccc(-n4ccnc4)cc3C)n2-c2ccc(C(N)=O)c(I)c2)s1. The molecule has 34 heavy (non-hydrogen) atoms. The van der Waals surface area contributed by atoms with Gasteiger partial charge < -0.3 is 14.9 Å². The number of hydrogen-bond donors (Lipinski definition) is 1. The number of nitrogens with two attached hydrogens (primary N) is 1. The van der Waals surface area contributed by atoms with Crippen molar-refractivity contribution in [3.63, 3.8) is 0 Å². The first-order chi connectivity index (χ1) is 16.4. The Bertz CT molecular complexity index is 1560. The molecule has 0 spiro atoms. The van der Waals surface area contributed by atoms with E-state index in [1.807, 2.05) is 35.9 Å². The molecule has 170 valence electrons. The summed E-state index contributed by atoms with van der Waals surface area (Å²) in [5, 5.41) is 0. The van der Waals surface area contributed by atoms with Gasteiger partial charge in [0.15, 0.2) is 5.78 Å². The minimum Gasteiger partial charge on any atom is -0.366 e. The van der Waals surface area contributed by atoms with E-state index in [9.17, 15) is 9.59 Å². The lowest BCUT2D eigenvalue weighted by Crippen LogP contribution is -2.13. The fourth-order valence-corrected chi connectivity index (χ4v) is 5.99. The van der Waals surface area contributed by atoms with Crippen molar-refractivity contribution >= 4 is 55.8 Å². The highest BCUT2D eigenvalue weighted by atomic mass is 127. The molecule has 0 fully saturated rings. The summed E-state index contributed by atoms with van der Waals surface area (Å²) in [5.41, 5.74) is 12.2. The number of fused-ring (bicyclic) bond motifs is 1. The van der Waals surface area contributed by atoms with Gasteiger partial charge in [0.25, 0.3) is 0 Å². The maximum atomic E-state index is 12.4. The first-order valence-corrected chi connectivity index (χ1v) is 12.6. The third-order valence-electron chi connectivity index (χ3n) is 5.85. The van der Waals surface area contributed by atoms with Gasteiger partial charge in [-0.15, -0.1) is 11.3 Å². The molecule has 0 aliphatic heterocycles. The second kappa shape index (κ2) is 8.84. The normalized spacial score (nSPS) is 11.3. The number of benzene rings is 2. The molecule has 1 amide bonds. The molecule has 0 saturated carbocycles. The van der Waals surface area contributed by atoms with E-state index in [1.54, 1.807) is 18.6 Å². The molecule has 6 nitrogen and oxygen atoms in total. The summed E-state index contributed by atoms with van der Waals surface area (Å²) in [6, 6.07) is 16.0. The van der Waals surface area contributed by atoms with E-state index in [2.05, 4.69) is 63.3 Å². The minimum absolute atomic E-state index is 0.133. The highest BCUT2D eigenvalue weighted by Crippen LogP contribution is 2.38. The Hall–Kier alpha value is -3.24. The van der Waals surface area contributed by atoms with Gasteiger partial charge in [-0.3, -0.25) is 9.59 Å². The minimum atomic E-state index is -0.453. The lowest BCUT2D eigenvalue weighted by Gasteiger charge is -2.15. The number of carbonyl (C=O) groups excluding carboxylic acids is 2. The molecule has 0 unspecified atom stereocenters. The number of imidazole rings is 1. The van der Waals surface area contributed by atoms with Gasteiger partial charge in [0.1, 0.15) is 0 Å². The van der Waals surface area contributed by atoms with Crippen LogP contribution in [0.3, 0.4) is 0 Å². The molecule has 0 bridgehead atoms. The number of carbonyl (C=O) groups is 2. The van der Waals surface area contributed by atoms with E-state index in [0.29, 0.717) is 12.0 Å². The molecule has 0 radical (unpaired) electrons. The van der Waals surface area contributed by atoms with E-state index in [4.69, 9.17) is 5.73 Å². The lowest BCUT2D eigenvalue weighted by atomic mass is 10.0. The van der Waals surface area contributed by atoms with E-state index < -0.39 is 5.91 Å². The number of primary amides is 1. The number of hydrogen-bond acceptors (Lipinski definition) is 4. The van der Waals surface area contributed by atoms with Crippen molar-refractivity contribution in [2.24, 2.45) is 5.73 Å². The highest BCUT2D eigenvalue weighted by Gasteiger charge is 2.20. The molecular weight excluding hydrogens is 559 g/mol. The van der Waals surface area contributed by atoms with Crippen LogP contribution in [0.4, 0.5) is 0 Å². The molecular formula is C26H21IN4O2S. The molecule has 0 aliphatic carbocycles. The first kappa shape index (κ1) is 22.5. The molecule has 2 N–H and O–H groups in total. The van der Waals surface area contributed by atoms with Crippen LogP contribution in [0, 0.1) is 10.5 Å². The summed E-state index contributed by atoms with van der Waals surface area (Å²) in [6.45, 7) is 3.97. The van der Waals surface area contributed by atoms with E-state index in [0.717, 1.165) is 46.9 Å². The third kappa shape index (κ3) is 3.86. The topological polar surface area (TPSA) is 82.9 Å². The molecule has 0 aliphatic rings. The van der Waals surface area contributed by atoms with Gasteiger partial charge in [-0.25, -0.2) is 4.98 Å². The molecule has 3 heterocycles. The summed E-state index contributed by atoms with van der Waals surface area (Å²) in [6.07, 6.45) is 5.92. The van der Waals surface area contributed by atoms with Crippen molar-refractivity contribution in [1.82, 2.24) is 14.1 Å². The molecule has 0 saturated heterocycles. The van der Waals surface area contributed by atoms with E-state index >= 15 is 0 Å². The van der Waals surface area contributed by atoms with Gasteiger partial charge in [-0.1, -0.05) is 13.0 Å². The Morgan fingerprint density at radius 3 is 2.53 bits per heavy atom. The molecule has 5 aromatic rings.